The summed E-state index contributed by atoms with van der Waals surface area (Å²) in [6, 6.07) is 2.20. The van der Waals surface area contributed by atoms with Crippen LogP contribution in [-0.2, 0) is 0 Å². The average Bonchev–Trinajstić information content (AvgIpc) is 2.77. The summed E-state index contributed by atoms with van der Waals surface area (Å²) < 4.78 is 0. The molecule has 2 N–H and O–H groups in total. The first kappa shape index (κ1) is 13.7. The first-order valence-corrected chi connectivity index (χ1v) is 8.60. The van der Waals surface area contributed by atoms with Crippen molar-refractivity contribution < 1.29 is 0 Å². The highest BCUT2D eigenvalue weighted by molar-refractivity contribution is 7.99. The molecule has 2 fully saturated rings. The lowest BCUT2D eigenvalue weighted by Crippen LogP contribution is -2.44. The van der Waals surface area contributed by atoms with Gasteiger partial charge in [-0.2, -0.15) is 11.8 Å². The molecule has 0 spiro atoms. The molecule has 0 aromatic heterocycles. The molecule has 0 bridgehead atoms. The Labute approximate surface area is 111 Å². The van der Waals surface area contributed by atoms with Gasteiger partial charge in [-0.05, 0) is 51.8 Å². The fourth-order valence-corrected chi connectivity index (χ4v) is 4.33. The van der Waals surface area contributed by atoms with Gasteiger partial charge < -0.3 is 10.6 Å². The van der Waals surface area contributed by atoms with Gasteiger partial charge in [0.15, 0.2) is 0 Å². The lowest BCUT2D eigenvalue weighted by atomic mass is 9.98. The van der Waals surface area contributed by atoms with Crippen LogP contribution in [0.2, 0.25) is 0 Å². The summed E-state index contributed by atoms with van der Waals surface area (Å²) >= 11 is 2.05. The largest absolute Gasteiger partial charge is 0.314 e. The Hall–Kier alpha value is 0.270. The van der Waals surface area contributed by atoms with Crippen LogP contribution >= 0.6 is 11.8 Å². The second-order valence-electron chi connectivity index (χ2n) is 5.76. The van der Waals surface area contributed by atoms with Crippen molar-refractivity contribution in [3.63, 3.8) is 0 Å². The van der Waals surface area contributed by atoms with Crippen LogP contribution in [0.25, 0.3) is 0 Å². The Kier molecular flexibility index (Phi) is 5.64. The molecular weight excluding hydrogens is 228 g/mol. The topological polar surface area (TPSA) is 24.1 Å². The standard InChI is InChI=1S/C14H28N2S/c1-11(10-12-6-3-4-9-15-12)16-13-7-5-8-14(13)17-2/h11-16H,3-10H2,1-2H3. The molecule has 3 heteroatoms. The fraction of sp³-hybridized carbons (Fsp3) is 1.00. The zero-order valence-corrected chi connectivity index (χ0v) is 12.2. The lowest BCUT2D eigenvalue weighted by molar-refractivity contribution is 0.330. The molecule has 1 saturated heterocycles. The molecule has 2 aliphatic rings. The molecule has 0 amide bonds. The lowest BCUT2D eigenvalue weighted by Gasteiger charge is -2.29. The number of hydrogen-bond donors (Lipinski definition) is 2. The Morgan fingerprint density at radius 3 is 2.82 bits per heavy atom. The van der Waals surface area contributed by atoms with Crippen molar-refractivity contribution in [2.75, 3.05) is 12.8 Å². The van der Waals surface area contributed by atoms with Gasteiger partial charge in [0.25, 0.3) is 0 Å². The van der Waals surface area contributed by atoms with Crippen LogP contribution in [0.3, 0.4) is 0 Å². The highest BCUT2D eigenvalue weighted by Gasteiger charge is 2.27. The molecule has 0 aromatic carbocycles. The molecule has 0 aromatic rings. The second-order valence-corrected chi connectivity index (χ2v) is 6.84. The van der Waals surface area contributed by atoms with Crippen molar-refractivity contribution in [1.82, 2.24) is 10.6 Å². The van der Waals surface area contributed by atoms with Gasteiger partial charge in [-0.3, -0.25) is 0 Å². The van der Waals surface area contributed by atoms with E-state index in [0.717, 1.165) is 17.3 Å². The Balaban J connectivity index is 1.70. The minimum absolute atomic E-state index is 0.670. The van der Waals surface area contributed by atoms with Gasteiger partial charge in [-0.1, -0.05) is 12.8 Å². The predicted octanol–water partition coefficient (Wildman–Crippen LogP) is 2.78. The summed E-state index contributed by atoms with van der Waals surface area (Å²) in [7, 11) is 0. The summed E-state index contributed by atoms with van der Waals surface area (Å²) in [5, 5.41) is 8.38. The van der Waals surface area contributed by atoms with E-state index >= 15 is 0 Å². The molecule has 4 atom stereocenters. The minimum atomic E-state index is 0.670. The van der Waals surface area contributed by atoms with E-state index in [1.165, 1.54) is 51.5 Å². The van der Waals surface area contributed by atoms with Crippen LogP contribution in [0.4, 0.5) is 0 Å². The van der Waals surface area contributed by atoms with E-state index in [0.29, 0.717) is 6.04 Å². The highest BCUT2D eigenvalue weighted by Crippen LogP contribution is 2.29. The third kappa shape index (κ3) is 4.15. The Bertz CT molecular complexity index is 216. The smallest absolute Gasteiger partial charge is 0.0198 e. The molecule has 1 heterocycles. The molecule has 2 nitrogen and oxygen atoms in total. The monoisotopic (exact) mass is 256 g/mol. The van der Waals surface area contributed by atoms with E-state index in [4.69, 9.17) is 0 Å². The molecule has 17 heavy (non-hydrogen) atoms. The number of nitrogens with one attached hydrogen (secondary N) is 2. The molecule has 1 aliphatic carbocycles. The van der Waals surface area contributed by atoms with Gasteiger partial charge in [0, 0.05) is 23.4 Å². The Morgan fingerprint density at radius 1 is 1.24 bits per heavy atom. The zero-order chi connectivity index (χ0) is 12.1. The molecule has 100 valence electrons. The average molecular weight is 256 g/mol. The van der Waals surface area contributed by atoms with Crippen molar-refractivity contribution in [1.29, 1.82) is 0 Å². The molecule has 4 unspecified atom stereocenters. The zero-order valence-electron chi connectivity index (χ0n) is 11.4. The van der Waals surface area contributed by atoms with Gasteiger partial charge in [0.1, 0.15) is 0 Å². The van der Waals surface area contributed by atoms with Crippen LogP contribution < -0.4 is 10.6 Å². The van der Waals surface area contributed by atoms with Crippen molar-refractivity contribution >= 4 is 11.8 Å². The van der Waals surface area contributed by atoms with Crippen LogP contribution in [-0.4, -0.2) is 36.2 Å². The van der Waals surface area contributed by atoms with E-state index in [9.17, 15) is 0 Å². The van der Waals surface area contributed by atoms with Crippen LogP contribution in [0.1, 0.15) is 51.9 Å². The van der Waals surface area contributed by atoms with Crippen LogP contribution in [0.5, 0.6) is 0 Å². The first-order chi connectivity index (χ1) is 8.29. The van der Waals surface area contributed by atoms with Crippen molar-refractivity contribution in [2.24, 2.45) is 0 Å². The summed E-state index contributed by atoms with van der Waals surface area (Å²) in [5.74, 6) is 0. The number of piperidine rings is 1. The highest BCUT2D eigenvalue weighted by atomic mass is 32.2. The number of rotatable bonds is 5. The quantitative estimate of drug-likeness (QED) is 0.791. The number of hydrogen-bond acceptors (Lipinski definition) is 3. The third-order valence-corrected chi connectivity index (χ3v) is 5.47. The van der Waals surface area contributed by atoms with E-state index in [1.54, 1.807) is 0 Å². The maximum atomic E-state index is 3.87. The minimum Gasteiger partial charge on any atom is -0.314 e. The fourth-order valence-electron chi connectivity index (χ4n) is 3.38. The maximum absolute atomic E-state index is 3.87. The van der Waals surface area contributed by atoms with E-state index < -0.39 is 0 Å². The van der Waals surface area contributed by atoms with Gasteiger partial charge in [-0.15, -0.1) is 0 Å². The van der Waals surface area contributed by atoms with E-state index in [-0.39, 0.29) is 0 Å². The molecule has 2 rings (SSSR count). The number of thioether (sulfide) groups is 1. The van der Waals surface area contributed by atoms with Crippen molar-refractivity contribution in [3.8, 4) is 0 Å². The van der Waals surface area contributed by atoms with Gasteiger partial charge >= 0.3 is 0 Å². The van der Waals surface area contributed by atoms with E-state index in [2.05, 4.69) is 35.6 Å². The molecule has 1 aliphatic heterocycles. The van der Waals surface area contributed by atoms with Crippen molar-refractivity contribution in [2.45, 2.75) is 75.2 Å². The molecular formula is C14H28N2S. The van der Waals surface area contributed by atoms with Gasteiger partial charge in [-0.25, -0.2) is 0 Å². The van der Waals surface area contributed by atoms with Crippen molar-refractivity contribution in [3.05, 3.63) is 0 Å². The van der Waals surface area contributed by atoms with Gasteiger partial charge in [0.05, 0.1) is 0 Å². The third-order valence-electron chi connectivity index (χ3n) is 4.30. The van der Waals surface area contributed by atoms with Crippen LogP contribution in [0.15, 0.2) is 0 Å². The predicted molar refractivity (Wildman–Crippen MR) is 77.8 cm³/mol. The molecule has 0 radical (unpaired) electrons. The van der Waals surface area contributed by atoms with E-state index in [1.807, 2.05) is 0 Å². The SMILES string of the molecule is CSC1CCCC1NC(C)CC1CCCCN1. The first-order valence-electron chi connectivity index (χ1n) is 7.32. The summed E-state index contributed by atoms with van der Waals surface area (Å²) in [4.78, 5) is 0. The maximum Gasteiger partial charge on any atom is 0.0198 e. The summed E-state index contributed by atoms with van der Waals surface area (Å²) in [6.45, 7) is 3.60. The molecule has 1 saturated carbocycles. The van der Waals surface area contributed by atoms with Gasteiger partial charge in [0.2, 0.25) is 0 Å². The second kappa shape index (κ2) is 7.01. The summed E-state index contributed by atoms with van der Waals surface area (Å²) in [5.41, 5.74) is 0. The normalized spacial score (nSPS) is 36.0. The summed E-state index contributed by atoms with van der Waals surface area (Å²) in [6.07, 6.45) is 11.9. The van der Waals surface area contributed by atoms with Crippen LogP contribution in [0, 0.1) is 0 Å². The Morgan fingerprint density at radius 2 is 2.12 bits per heavy atom.